The Balaban J connectivity index is 2.57. The monoisotopic (exact) mass is 543 g/mol. The number of alkyl halides is 3. The predicted octanol–water partition coefficient (Wildman–Crippen LogP) is 5.06. The third-order valence-corrected chi connectivity index (χ3v) is 8.47. The summed E-state index contributed by atoms with van der Waals surface area (Å²) in [6, 6.07) is -0.121. The molecule has 6 nitrogen and oxygen atoms in total. The van der Waals surface area contributed by atoms with E-state index in [1.54, 1.807) is 20.8 Å². The molecule has 2 aromatic heterocycles. The van der Waals surface area contributed by atoms with Crippen LogP contribution in [0.5, 0.6) is 0 Å². The number of nitrogens with one attached hydrogen (secondary N) is 2. The van der Waals surface area contributed by atoms with E-state index in [0.717, 1.165) is 6.04 Å². The summed E-state index contributed by atoms with van der Waals surface area (Å²) in [5.74, 6) is 0. The minimum atomic E-state index is -4.75. The summed E-state index contributed by atoms with van der Waals surface area (Å²) in [5.41, 5.74) is -0.698. The van der Waals surface area contributed by atoms with E-state index in [2.05, 4.69) is 45.3 Å². The second-order valence-electron chi connectivity index (χ2n) is 9.55. The van der Waals surface area contributed by atoms with E-state index in [0.29, 0.717) is 16.5 Å². The number of ether oxygens (including phenoxy) is 1. The van der Waals surface area contributed by atoms with Gasteiger partial charge in [-0.1, -0.05) is 19.6 Å². The molecule has 0 aliphatic rings. The summed E-state index contributed by atoms with van der Waals surface area (Å²) in [6.45, 7) is 11.4. The highest BCUT2D eigenvalue weighted by Gasteiger charge is 2.45. The first-order chi connectivity index (χ1) is 14.0. The Morgan fingerprint density at radius 2 is 1.90 bits per heavy atom. The molecule has 0 amide bonds. The van der Waals surface area contributed by atoms with Crippen LogP contribution in [-0.4, -0.2) is 39.4 Å². The van der Waals surface area contributed by atoms with Crippen LogP contribution in [0.15, 0.2) is 21.5 Å². The van der Waals surface area contributed by atoms with Gasteiger partial charge >= 0.3 is 6.18 Å². The van der Waals surface area contributed by atoms with Crippen molar-refractivity contribution in [3.05, 3.63) is 32.8 Å². The highest BCUT2D eigenvalue weighted by atomic mass is 79.9. The molecule has 176 valence electrons. The molecule has 0 aromatic carbocycles. The minimum absolute atomic E-state index is 0.0648. The Hall–Kier alpha value is -0.953. The van der Waals surface area contributed by atoms with E-state index in [9.17, 15) is 22.2 Å². The predicted molar refractivity (Wildman–Crippen MR) is 124 cm³/mol. The molecule has 12 heteroatoms. The maximum atomic E-state index is 14.1. The van der Waals surface area contributed by atoms with Gasteiger partial charge in [0.2, 0.25) is 0 Å². The van der Waals surface area contributed by atoms with Crippen molar-refractivity contribution in [3.8, 4) is 0 Å². The van der Waals surface area contributed by atoms with E-state index >= 15 is 0 Å². The molecule has 2 rings (SSSR count). The zero-order valence-electron chi connectivity index (χ0n) is 18.4. The van der Waals surface area contributed by atoms with Gasteiger partial charge in [0.25, 0.3) is 5.56 Å². The molecule has 2 N–H and O–H groups in total. The van der Waals surface area contributed by atoms with Crippen LogP contribution in [0.4, 0.5) is 13.2 Å². The van der Waals surface area contributed by atoms with Gasteiger partial charge in [-0.05, 0) is 48.8 Å². The Labute approximate surface area is 191 Å². The van der Waals surface area contributed by atoms with Gasteiger partial charge in [0.1, 0.15) is 12.2 Å². The van der Waals surface area contributed by atoms with Crippen LogP contribution in [0.3, 0.4) is 0 Å². The molecular formula is C19H29BrF3N3O3SSi. The first-order valence-corrected chi connectivity index (χ1v) is 15.4. The number of aromatic amines is 1. The molecule has 0 aliphatic carbocycles. The molecule has 0 fully saturated rings. The van der Waals surface area contributed by atoms with Gasteiger partial charge in [0.15, 0.2) is 6.04 Å². The lowest BCUT2D eigenvalue weighted by molar-refractivity contribution is -0.154. The smallest absolute Gasteiger partial charge is 0.361 e. The number of nitrogens with zero attached hydrogens (tertiary/aromatic N) is 1. The standard InChI is InChI=1S/C19H29BrF3N3O3SSi/c1-18(2,3)30(28)25-16(19(21,22)23)14-9-12-13(20)10-24-17(27)15(12)26(14)11-29-7-8-31(4,5)6/h9-10,16,25H,7-8,11H2,1-6H3,(H,24,27)/t16-,30?/m1/s1. The second kappa shape index (κ2) is 9.50. The van der Waals surface area contributed by atoms with E-state index in [1.165, 1.54) is 16.8 Å². The maximum Gasteiger partial charge on any atom is 0.410 e. The lowest BCUT2D eigenvalue weighted by Gasteiger charge is -2.27. The van der Waals surface area contributed by atoms with Crippen molar-refractivity contribution in [2.24, 2.45) is 0 Å². The molecule has 0 bridgehead atoms. The highest BCUT2D eigenvalue weighted by Crippen LogP contribution is 2.37. The van der Waals surface area contributed by atoms with Gasteiger partial charge < -0.3 is 14.3 Å². The fourth-order valence-corrected chi connectivity index (χ4v) is 4.76. The highest BCUT2D eigenvalue weighted by molar-refractivity contribution is 9.10. The molecule has 2 atom stereocenters. The summed E-state index contributed by atoms with van der Waals surface area (Å²) in [7, 11) is -3.39. The zero-order chi connectivity index (χ0) is 23.8. The lowest BCUT2D eigenvalue weighted by Crippen LogP contribution is -2.42. The number of pyridine rings is 1. The first kappa shape index (κ1) is 26.3. The van der Waals surface area contributed by atoms with Crippen molar-refractivity contribution in [2.45, 2.75) is 70.2 Å². The Bertz CT molecular complexity index is 1010. The van der Waals surface area contributed by atoms with Crippen molar-refractivity contribution < 1.29 is 22.1 Å². The molecular weight excluding hydrogens is 515 g/mol. The summed E-state index contributed by atoms with van der Waals surface area (Å²) < 4.78 is 63.4. The second-order valence-corrected chi connectivity index (χ2v) is 18.0. The van der Waals surface area contributed by atoms with Gasteiger partial charge in [-0.2, -0.15) is 13.2 Å². The van der Waals surface area contributed by atoms with Crippen LogP contribution in [0.25, 0.3) is 10.9 Å². The Kier molecular flexibility index (Phi) is 8.06. The third kappa shape index (κ3) is 6.76. The van der Waals surface area contributed by atoms with E-state index in [-0.39, 0.29) is 17.9 Å². The molecule has 2 aromatic rings. The van der Waals surface area contributed by atoms with Crippen LogP contribution in [-0.2, 0) is 22.5 Å². The van der Waals surface area contributed by atoms with E-state index in [1.807, 2.05) is 0 Å². The summed E-state index contributed by atoms with van der Waals surface area (Å²) in [6.07, 6.45) is -3.36. The SMILES string of the molecule is CC(C)(C)S(=O)N[C@H](c1cc2c(Br)c[nH]c(=O)c2n1COCC[Si](C)(C)C)C(F)(F)F. The van der Waals surface area contributed by atoms with Crippen molar-refractivity contribution in [1.29, 1.82) is 0 Å². The molecule has 31 heavy (non-hydrogen) atoms. The van der Waals surface area contributed by atoms with Crippen LogP contribution in [0.2, 0.25) is 25.7 Å². The first-order valence-electron chi connectivity index (χ1n) is 9.75. The van der Waals surface area contributed by atoms with Gasteiger partial charge in [-0.15, -0.1) is 0 Å². The number of H-pyrrole nitrogens is 1. The molecule has 0 aliphatic heterocycles. The molecule has 0 radical (unpaired) electrons. The number of hydrogen-bond donors (Lipinski definition) is 2. The summed E-state index contributed by atoms with van der Waals surface area (Å²) in [5, 5.41) is 0.324. The van der Waals surface area contributed by atoms with Crippen LogP contribution < -0.4 is 10.3 Å². The van der Waals surface area contributed by atoms with Gasteiger partial charge in [0.05, 0.1) is 15.7 Å². The molecule has 0 spiro atoms. The number of halogens is 4. The average molecular weight is 545 g/mol. The molecule has 1 unspecified atom stereocenters. The van der Waals surface area contributed by atoms with Gasteiger partial charge in [0, 0.05) is 36.4 Å². The summed E-state index contributed by atoms with van der Waals surface area (Å²) >= 11 is 3.29. The fourth-order valence-electron chi connectivity index (χ4n) is 2.76. The average Bonchev–Trinajstić information content (AvgIpc) is 2.97. The topological polar surface area (TPSA) is 76.1 Å². The lowest BCUT2D eigenvalue weighted by atomic mass is 10.2. The van der Waals surface area contributed by atoms with Crippen molar-refractivity contribution in [1.82, 2.24) is 14.3 Å². The van der Waals surface area contributed by atoms with Crippen molar-refractivity contribution in [2.75, 3.05) is 6.61 Å². The van der Waals surface area contributed by atoms with E-state index < -0.39 is 41.6 Å². The summed E-state index contributed by atoms with van der Waals surface area (Å²) in [4.78, 5) is 15.0. The third-order valence-electron chi connectivity index (χ3n) is 4.55. The van der Waals surface area contributed by atoms with Crippen molar-refractivity contribution in [3.63, 3.8) is 0 Å². The van der Waals surface area contributed by atoms with Crippen LogP contribution in [0, 0.1) is 0 Å². The van der Waals surface area contributed by atoms with Crippen LogP contribution >= 0.6 is 15.9 Å². The molecule has 2 heterocycles. The number of hydrogen-bond acceptors (Lipinski definition) is 3. The maximum absolute atomic E-state index is 14.1. The molecule has 0 saturated heterocycles. The Morgan fingerprint density at radius 1 is 1.29 bits per heavy atom. The van der Waals surface area contributed by atoms with Crippen LogP contribution in [0.1, 0.15) is 32.5 Å². The minimum Gasteiger partial charge on any atom is -0.361 e. The largest absolute Gasteiger partial charge is 0.410 e. The fraction of sp³-hybridized carbons (Fsp3) is 0.632. The quantitative estimate of drug-likeness (QED) is 0.361. The number of aromatic nitrogens is 2. The normalized spacial score (nSPS) is 15.4. The zero-order valence-corrected chi connectivity index (χ0v) is 21.8. The Morgan fingerprint density at radius 3 is 2.42 bits per heavy atom. The number of rotatable bonds is 8. The van der Waals surface area contributed by atoms with Gasteiger partial charge in [-0.3, -0.25) is 4.79 Å². The van der Waals surface area contributed by atoms with Gasteiger partial charge in [-0.25, -0.2) is 8.93 Å². The van der Waals surface area contributed by atoms with Crippen molar-refractivity contribution >= 4 is 45.9 Å². The van der Waals surface area contributed by atoms with E-state index in [4.69, 9.17) is 4.74 Å². The number of fused-ring (bicyclic) bond motifs is 1. The molecule has 0 saturated carbocycles.